The van der Waals surface area contributed by atoms with Gasteiger partial charge in [-0.1, -0.05) is 23.8 Å². The van der Waals surface area contributed by atoms with E-state index in [0.717, 1.165) is 5.56 Å². The molecule has 7 heteroatoms. The minimum absolute atomic E-state index is 0.0190. The Hall–Kier alpha value is -3.74. The Kier molecular flexibility index (Phi) is 4.27. The molecule has 7 nitrogen and oxygen atoms in total. The monoisotopic (exact) mass is 373 g/mol. The van der Waals surface area contributed by atoms with E-state index in [-0.39, 0.29) is 22.0 Å². The number of amides is 1. The lowest BCUT2D eigenvalue weighted by Gasteiger charge is -2.15. The zero-order valence-electron chi connectivity index (χ0n) is 15.6. The largest absolute Gasteiger partial charge is 0.352 e. The number of nitrogens with zero attached hydrogens (tertiary/aromatic N) is 3. The minimum atomic E-state index is -0.396. The highest BCUT2D eigenvalue weighted by molar-refractivity contribution is 5.97. The van der Waals surface area contributed by atoms with Crippen molar-refractivity contribution < 1.29 is 4.79 Å². The van der Waals surface area contributed by atoms with Crippen LogP contribution in [0, 0.1) is 12.3 Å². The molecule has 1 aromatic carbocycles. The first-order chi connectivity index (χ1) is 13.5. The second-order valence-electron chi connectivity index (χ2n) is 6.52. The van der Waals surface area contributed by atoms with Gasteiger partial charge in [-0.2, -0.15) is 0 Å². The van der Waals surface area contributed by atoms with Crippen molar-refractivity contribution in [2.45, 2.75) is 13.8 Å². The van der Waals surface area contributed by atoms with Crippen LogP contribution < -0.4 is 16.4 Å². The molecule has 140 valence electrons. The van der Waals surface area contributed by atoms with Crippen LogP contribution in [-0.4, -0.2) is 26.4 Å². The van der Waals surface area contributed by atoms with Crippen LogP contribution in [0.25, 0.3) is 22.4 Å². The Morgan fingerprint density at radius 3 is 2.64 bits per heavy atom. The van der Waals surface area contributed by atoms with Gasteiger partial charge in [-0.15, -0.1) is 0 Å². The molecule has 0 spiro atoms. The average Bonchev–Trinajstić information content (AvgIpc) is 2.69. The standard InChI is InChI=1S/C21H19N5O2/c1-3-23-20(27)15-12-16-19(24-17-6-4-5-11-25(17)21(16)28)26(18(15)22)14-9-7-13(2)8-10-14/h4-12,22H,3H2,1-2H3,(H,23,27). The molecule has 0 saturated carbocycles. The summed E-state index contributed by atoms with van der Waals surface area (Å²) >= 11 is 0. The second kappa shape index (κ2) is 6.77. The van der Waals surface area contributed by atoms with Gasteiger partial charge < -0.3 is 5.32 Å². The van der Waals surface area contributed by atoms with Gasteiger partial charge in [-0.3, -0.25) is 24.0 Å². The molecule has 0 aliphatic rings. The van der Waals surface area contributed by atoms with E-state index in [4.69, 9.17) is 5.41 Å². The summed E-state index contributed by atoms with van der Waals surface area (Å²) in [7, 11) is 0. The van der Waals surface area contributed by atoms with Crippen molar-refractivity contribution >= 4 is 22.6 Å². The molecule has 1 amide bonds. The van der Waals surface area contributed by atoms with E-state index in [1.807, 2.05) is 31.2 Å². The highest BCUT2D eigenvalue weighted by Gasteiger charge is 2.18. The molecular weight excluding hydrogens is 354 g/mol. The van der Waals surface area contributed by atoms with Gasteiger partial charge in [-0.25, -0.2) is 4.98 Å². The number of hydrogen-bond acceptors (Lipinski definition) is 4. The van der Waals surface area contributed by atoms with Gasteiger partial charge >= 0.3 is 0 Å². The summed E-state index contributed by atoms with van der Waals surface area (Å²) in [5, 5.41) is 11.6. The van der Waals surface area contributed by atoms with Crippen LogP contribution in [0.5, 0.6) is 0 Å². The summed E-state index contributed by atoms with van der Waals surface area (Å²) in [5.41, 5.74) is 2.38. The number of rotatable bonds is 3. The lowest BCUT2D eigenvalue weighted by Crippen LogP contribution is -2.34. The van der Waals surface area contributed by atoms with E-state index in [2.05, 4.69) is 10.3 Å². The smallest absolute Gasteiger partial charge is 0.267 e. The van der Waals surface area contributed by atoms with E-state index < -0.39 is 5.91 Å². The number of aryl methyl sites for hydroxylation is 1. The van der Waals surface area contributed by atoms with Crippen LogP contribution in [0.3, 0.4) is 0 Å². The third kappa shape index (κ3) is 2.77. The summed E-state index contributed by atoms with van der Waals surface area (Å²) in [6, 6.07) is 14.3. The van der Waals surface area contributed by atoms with E-state index >= 15 is 0 Å². The summed E-state index contributed by atoms with van der Waals surface area (Å²) in [6.07, 6.45) is 1.64. The SMILES string of the molecule is CCNC(=O)c1cc2c(=O)n3ccccc3nc2n(-c2ccc(C)cc2)c1=N. The Bertz CT molecular complexity index is 1330. The van der Waals surface area contributed by atoms with Gasteiger partial charge in [0.15, 0.2) is 5.65 Å². The molecule has 2 N–H and O–H groups in total. The fraction of sp³-hybridized carbons (Fsp3) is 0.143. The van der Waals surface area contributed by atoms with Crippen LogP contribution in [0.4, 0.5) is 0 Å². The maximum absolute atomic E-state index is 13.1. The molecule has 4 rings (SSSR count). The summed E-state index contributed by atoms with van der Waals surface area (Å²) in [5.74, 6) is -0.396. The van der Waals surface area contributed by atoms with Crippen molar-refractivity contribution in [3.63, 3.8) is 0 Å². The second-order valence-corrected chi connectivity index (χ2v) is 6.52. The number of pyridine rings is 2. The minimum Gasteiger partial charge on any atom is -0.352 e. The number of benzene rings is 1. The third-order valence-electron chi connectivity index (χ3n) is 4.60. The maximum Gasteiger partial charge on any atom is 0.267 e. The molecule has 0 radical (unpaired) electrons. The predicted molar refractivity (Wildman–Crippen MR) is 107 cm³/mol. The highest BCUT2D eigenvalue weighted by atomic mass is 16.1. The van der Waals surface area contributed by atoms with Gasteiger partial charge in [0.25, 0.3) is 11.5 Å². The Balaban J connectivity index is 2.19. The third-order valence-corrected chi connectivity index (χ3v) is 4.60. The predicted octanol–water partition coefficient (Wildman–Crippen LogP) is 2.18. The highest BCUT2D eigenvalue weighted by Crippen LogP contribution is 2.16. The zero-order chi connectivity index (χ0) is 19.8. The number of aromatic nitrogens is 3. The Labute approximate surface area is 160 Å². The molecule has 0 atom stereocenters. The molecular formula is C21H19N5O2. The van der Waals surface area contributed by atoms with Crippen LogP contribution in [0.15, 0.2) is 59.5 Å². The topological polar surface area (TPSA) is 92.2 Å². The lowest BCUT2D eigenvalue weighted by atomic mass is 10.1. The van der Waals surface area contributed by atoms with Gasteiger partial charge in [0.05, 0.1) is 10.9 Å². The number of nitrogens with one attached hydrogen (secondary N) is 2. The fourth-order valence-corrected chi connectivity index (χ4v) is 3.20. The zero-order valence-corrected chi connectivity index (χ0v) is 15.6. The molecule has 0 unspecified atom stereocenters. The van der Waals surface area contributed by atoms with Crippen molar-refractivity contribution in [1.82, 2.24) is 19.3 Å². The molecule has 0 aliphatic heterocycles. The van der Waals surface area contributed by atoms with Crippen LogP contribution in [0.1, 0.15) is 22.8 Å². The number of carbonyl (C=O) groups is 1. The summed E-state index contributed by atoms with van der Waals surface area (Å²) in [4.78, 5) is 30.3. The van der Waals surface area contributed by atoms with Crippen LogP contribution in [0.2, 0.25) is 0 Å². The lowest BCUT2D eigenvalue weighted by molar-refractivity contribution is 0.0953. The number of carbonyl (C=O) groups excluding carboxylic acids is 1. The van der Waals surface area contributed by atoms with Crippen molar-refractivity contribution in [1.29, 1.82) is 5.41 Å². The molecule has 0 aliphatic carbocycles. The molecule has 28 heavy (non-hydrogen) atoms. The number of hydrogen-bond donors (Lipinski definition) is 2. The van der Waals surface area contributed by atoms with E-state index in [1.54, 1.807) is 35.9 Å². The first kappa shape index (κ1) is 17.7. The summed E-state index contributed by atoms with van der Waals surface area (Å²) < 4.78 is 2.99. The van der Waals surface area contributed by atoms with Crippen molar-refractivity contribution in [3.05, 3.63) is 81.7 Å². The van der Waals surface area contributed by atoms with E-state index in [1.165, 1.54) is 10.5 Å². The average molecular weight is 373 g/mol. The number of fused-ring (bicyclic) bond motifs is 2. The molecule has 0 fully saturated rings. The molecule has 3 aromatic heterocycles. The first-order valence-corrected chi connectivity index (χ1v) is 8.98. The molecule has 4 aromatic rings. The van der Waals surface area contributed by atoms with Crippen molar-refractivity contribution in [2.24, 2.45) is 0 Å². The van der Waals surface area contributed by atoms with Crippen LogP contribution >= 0.6 is 0 Å². The summed E-state index contributed by atoms with van der Waals surface area (Å²) in [6.45, 7) is 4.20. The van der Waals surface area contributed by atoms with E-state index in [0.29, 0.717) is 23.5 Å². The van der Waals surface area contributed by atoms with Gasteiger partial charge in [-0.05, 0) is 44.2 Å². The Morgan fingerprint density at radius 1 is 1.18 bits per heavy atom. The molecule has 0 bridgehead atoms. The quantitative estimate of drug-likeness (QED) is 0.539. The molecule has 3 heterocycles. The van der Waals surface area contributed by atoms with Crippen molar-refractivity contribution in [3.8, 4) is 5.69 Å². The van der Waals surface area contributed by atoms with Crippen molar-refractivity contribution in [2.75, 3.05) is 6.54 Å². The normalized spacial score (nSPS) is 11.1. The van der Waals surface area contributed by atoms with E-state index in [9.17, 15) is 9.59 Å². The maximum atomic E-state index is 13.1. The van der Waals surface area contributed by atoms with Gasteiger partial charge in [0, 0.05) is 18.4 Å². The van der Waals surface area contributed by atoms with Crippen LogP contribution in [-0.2, 0) is 0 Å². The van der Waals surface area contributed by atoms with Gasteiger partial charge in [0.2, 0.25) is 0 Å². The van der Waals surface area contributed by atoms with Gasteiger partial charge in [0.1, 0.15) is 11.1 Å². The Morgan fingerprint density at radius 2 is 1.93 bits per heavy atom. The molecule has 0 saturated heterocycles. The first-order valence-electron chi connectivity index (χ1n) is 8.98. The fourth-order valence-electron chi connectivity index (χ4n) is 3.20.